The zero-order chi connectivity index (χ0) is 40.0. The van der Waals surface area contributed by atoms with Gasteiger partial charge in [-0.05, 0) is 76.5 Å². The van der Waals surface area contributed by atoms with Crippen molar-refractivity contribution in [3.05, 3.63) is 194 Å². The predicted octanol–water partition coefficient (Wildman–Crippen LogP) is 14.6. The Morgan fingerprint density at radius 1 is 0.361 bits per heavy atom. The molecule has 0 radical (unpaired) electrons. The fraction of sp³-hybridized carbons (Fsp3) is 0. The zero-order valence-electron chi connectivity index (χ0n) is 32.6. The van der Waals surface area contributed by atoms with Crippen molar-refractivity contribution in [2.24, 2.45) is 0 Å². The molecule has 13 aromatic rings. The van der Waals surface area contributed by atoms with Crippen LogP contribution in [0.2, 0.25) is 0 Å². The van der Waals surface area contributed by atoms with Crippen molar-refractivity contribution in [2.45, 2.75) is 0 Å². The third kappa shape index (κ3) is 5.19. The van der Waals surface area contributed by atoms with Crippen LogP contribution in [-0.4, -0.2) is 19.5 Å². The minimum absolute atomic E-state index is 0.501. The van der Waals surface area contributed by atoms with Crippen LogP contribution in [0.1, 0.15) is 0 Å². The first-order chi connectivity index (χ1) is 30.2. The van der Waals surface area contributed by atoms with E-state index in [1.54, 1.807) is 0 Å². The van der Waals surface area contributed by atoms with Gasteiger partial charge < -0.3 is 13.4 Å². The molecule has 0 amide bonds. The van der Waals surface area contributed by atoms with Crippen LogP contribution in [0.5, 0.6) is 0 Å². The highest BCUT2D eigenvalue weighted by atomic mass is 16.3. The summed E-state index contributed by atoms with van der Waals surface area (Å²) in [6, 6.07) is 67.4. The Hall–Kier alpha value is -8.35. The van der Waals surface area contributed by atoms with Crippen LogP contribution in [0, 0.1) is 0 Å². The predicted molar refractivity (Wildman–Crippen MR) is 248 cm³/mol. The molecule has 0 aliphatic carbocycles. The van der Waals surface area contributed by atoms with E-state index in [9.17, 15) is 0 Å². The first kappa shape index (κ1) is 33.6. The van der Waals surface area contributed by atoms with Gasteiger partial charge in [0.05, 0.1) is 22.3 Å². The smallest absolute Gasteiger partial charge is 0.170 e. The van der Waals surface area contributed by atoms with Gasteiger partial charge in [-0.1, -0.05) is 140 Å². The van der Waals surface area contributed by atoms with Gasteiger partial charge in [0.15, 0.2) is 17.5 Å². The van der Waals surface area contributed by atoms with E-state index in [-0.39, 0.29) is 0 Å². The normalized spacial score (nSPS) is 11.9. The standard InChI is InChI=1S/C55H32N4O2/c1-2-14-33(15-3-1)34-18-12-19-37(30-34)53-56-54(42-23-13-27-49-50(42)41-22-8-11-26-48(41)60-49)58-55(57-53)51-45(29-28-40-39-21-7-10-25-47(39)61-52(40)51)59-44-24-9-6-20-38(44)43-31-35-16-4-5-17-36(35)32-46(43)59/h1-32H. The number of rotatable bonds is 5. The van der Waals surface area contributed by atoms with Gasteiger partial charge in [-0.25, -0.2) is 15.0 Å². The Bertz CT molecular complexity index is 3900. The lowest BCUT2D eigenvalue weighted by Crippen LogP contribution is -2.04. The van der Waals surface area contributed by atoms with Crippen LogP contribution in [0.15, 0.2) is 203 Å². The lowest BCUT2D eigenvalue weighted by Gasteiger charge is -2.16. The van der Waals surface area contributed by atoms with Gasteiger partial charge in [0.1, 0.15) is 22.3 Å². The quantitative estimate of drug-likeness (QED) is 0.174. The molecule has 0 aliphatic rings. The second-order valence-electron chi connectivity index (χ2n) is 15.5. The number of furan rings is 2. The summed E-state index contributed by atoms with van der Waals surface area (Å²) in [5.41, 5.74) is 10.8. The number of hydrogen-bond acceptors (Lipinski definition) is 5. The number of benzene rings is 9. The Labute approximate surface area is 348 Å². The summed E-state index contributed by atoms with van der Waals surface area (Å²) >= 11 is 0. The van der Waals surface area contributed by atoms with Crippen LogP contribution in [-0.2, 0) is 0 Å². The third-order valence-electron chi connectivity index (χ3n) is 12.0. The summed E-state index contributed by atoms with van der Waals surface area (Å²) < 4.78 is 15.7. The average Bonchev–Trinajstić information content (AvgIpc) is 4.00. The highest BCUT2D eigenvalue weighted by Gasteiger charge is 2.25. The van der Waals surface area contributed by atoms with Gasteiger partial charge in [0.25, 0.3) is 0 Å². The van der Waals surface area contributed by atoms with E-state index in [1.165, 1.54) is 10.8 Å². The van der Waals surface area contributed by atoms with Crippen molar-refractivity contribution < 1.29 is 8.83 Å². The molecule has 0 unspecified atom stereocenters. The molecule has 0 atom stereocenters. The molecule has 9 aromatic carbocycles. The Morgan fingerprint density at radius 3 is 1.87 bits per heavy atom. The molecule has 6 nitrogen and oxygen atoms in total. The molecule has 4 heterocycles. The van der Waals surface area contributed by atoms with Gasteiger partial charge in [0.2, 0.25) is 0 Å². The molecule has 0 spiro atoms. The average molecular weight is 781 g/mol. The van der Waals surface area contributed by atoms with Gasteiger partial charge in [-0.2, -0.15) is 0 Å². The topological polar surface area (TPSA) is 69.9 Å². The maximum atomic E-state index is 6.93. The molecular weight excluding hydrogens is 749 g/mol. The first-order valence-electron chi connectivity index (χ1n) is 20.4. The van der Waals surface area contributed by atoms with Gasteiger partial charge in [0, 0.05) is 43.4 Å². The molecule has 0 saturated heterocycles. The van der Waals surface area contributed by atoms with E-state index >= 15 is 0 Å². The van der Waals surface area contributed by atoms with Crippen molar-refractivity contribution >= 4 is 76.5 Å². The number of fused-ring (bicyclic) bond motifs is 10. The summed E-state index contributed by atoms with van der Waals surface area (Å²) in [5.74, 6) is 1.59. The van der Waals surface area contributed by atoms with Crippen molar-refractivity contribution in [1.82, 2.24) is 19.5 Å². The highest BCUT2D eigenvalue weighted by Crippen LogP contribution is 2.44. The van der Waals surface area contributed by atoms with E-state index in [0.29, 0.717) is 23.1 Å². The molecule has 61 heavy (non-hydrogen) atoms. The molecule has 284 valence electrons. The number of hydrogen-bond donors (Lipinski definition) is 0. The molecule has 0 aliphatic heterocycles. The lowest BCUT2D eigenvalue weighted by molar-refractivity contribution is 0.668. The second kappa shape index (κ2) is 13.1. The summed E-state index contributed by atoms with van der Waals surface area (Å²) in [4.78, 5) is 16.2. The molecule has 6 heteroatoms. The Balaban J connectivity index is 1.16. The molecule has 0 saturated carbocycles. The van der Waals surface area contributed by atoms with Crippen molar-refractivity contribution in [2.75, 3.05) is 0 Å². The number of nitrogens with zero attached hydrogens (tertiary/aromatic N) is 4. The summed E-state index contributed by atoms with van der Waals surface area (Å²) in [5, 5.41) is 8.64. The van der Waals surface area contributed by atoms with Crippen LogP contribution in [0.25, 0.3) is 127 Å². The number of para-hydroxylation sites is 3. The molecule has 0 bridgehead atoms. The van der Waals surface area contributed by atoms with Gasteiger partial charge in [-0.15, -0.1) is 0 Å². The maximum Gasteiger partial charge on any atom is 0.170 e. The molecule has 4 aromatic heterocycles. The van der Waals surface area contributed by atoms with Gasteiger partial charge in [-0.3, -0.25) is 0 Å². The number of aromatic nitrogens is 4. The summed E-state index contributed by atoms with van der Waals surface area (Å²) in [6.07, 6.45) is 0. The van der Waals surface area contributed by atoms with E-state index in [4.69, 9.17) is 23.8 Å². The molecule has 0 N–H and O–H groups in total. The van der Waals surface area contributed by atoms with Crippen LogP contribution in [0.4, 0.5) is 0 Å². The minimum atomic E-state index is 0.501. The Morgan fingerprint density at radius 2 is 1.00 bits per heavy atom. The highest BCUT2D eigenvalue weighted by molar-refractivity contribution is 6.16. The van der Waals surface area contributed by atoms with Crippen LogP contribution < -0.4 is 0 Å². The second-order valence-corrected chi connectivity index (χ2v) is 15.5. The van der Waals surface area contributed by atoms with Crippen molar-refractivity contribution in [1.29, 1.82) is 0 Å². The van der Waals surface area contributed by atoms with E-state index in [1.807, 2.05) is 48.5 Å². The fourth-order valence-electron chi connectivity index (χ4n) is 9.26. The van der Waals surface area contributed by atoms with Crippen LogP contribution in [0.3, 0.4) is 0 Å². The largest absolute Gasteiger partial charge is 0.456 e. The molecule has 13 rings (SSSR count). The third-order valence-corrected chi connectivity index (χ3v) is 12.0. The van der Waals surface area contributed by atoms with E-state index in [0.717, 1.165) is 93.6 Å². The van der Waals surface area contributed by atoms with Gasteiger partial charge >= 0.3 is 0 Å². The molecular formula is C55H32N4O2. The minimum Gasteiger partial charge on any atom is -0.456 e. The fourth-order valence-corrected chi connectivity index (χ4v) is 9.26. The van der Waals surface area contributed by atoms with Crippen LogP contribution >= 0.6 is 0 Å². The van der Waals surface area contributed by atoms with E-state index in [2.05, 4.69) is 150 Å². The SMILES string of the molecule is c1ccc(-c2cccc(-c3nc(-c4c(-n5c6ccccc6c6cc7ccccc7cc65)ccc5c4oc4ccccc45)nc(-c4cccc5oc6ccccc6c45)n3)c2)cc1. The summed E-state index contributed by atoms with van der Waals surface area (Å²) in [7, 11) is 0. The van der Waals surface area contributed by atoms with E-state index < -0.39 is 0 Å². The maximum absolute atomic E-state index is 6.93. The monoisotopic (exact) mass is 780 g/mol. The molecule has 0 fully saturated rings. The van der Waals surface area contributed by atoms with Crippen molar-refractivity contribution in [3.63, 3.8) is 0 Å². The lowest BCUT2D eigenvalue weighted by atomic mass is 10.0. The first-order valence-corrected chi connectivity index (χ1v) is 20.4. The summed E-state index contributed by atoms with van der Waals surface area (Å²) in [6.45, 7) is 0. The van der Waals surface area contributed by atoms with Crippen molar-refractivity contribution in [3.8, 4) is 51.0 Å². The Kier molecular flexibility index (Phi) is 7.21. The zero-order valence-corrected chi connectivity index (χ0v) is 32.6.